The standard InChI is InChI=1S/C22H18BrNO3/c23-20-11-5-6-14(21(20)25)12-24-22(26)27-13-19-17-9-3-1-7-15(17)16-8-2-4-10-18(16)19/h1-11,19,25H,12-13H2,(H,24,26). The molecule has 0 aromatic heterocycles. The Balaban J connectivity index is 1.43. The lowest BCUT2D eigenvalue weighted by atomic mass is 9.98. The number of carbonyl (C=O) groups excluding carboxylic acids is 1. The van der Waals surface area contributed by atoms with E-state index in [4.69, 9.17) is 4.74 Å². The number of rotatable bonds is 4. The molecule has 0 aliphatic heterocycles. The van der Waals surface area contributed by atoms with E-state index in [1.165, 1.54) is 22.3 Å². The van der Waals surface area contributed by atoms with Gasteiger partial charge in [0.25, 0.3) is 0 Å². The molecule has 4 rings (SSSR count). The molecule has 0 saturated carbocycles. The molecule has 5 heteroatoms. The van der Waals surface area contributed by atoms with Crippen LogP contribution in [0.15, 0.2) is 71.2 Å². The fraction of sp³-hybridized carbons (Fsp3) is 0.136. The first-order valence-electron chi connectivity index (χ1n) is 8.70. The molecule has 4 nitrogen and oxygen atoms in total. The molecule has 2 N–H and O–H groups in total. The van der Waals surface area contributed by atoms with Gasteiger partial charge in [0.05, 0.1) is 4.47 Å². The van der Waals surface area contributed by atoms with Gasteiger partial charge in [0.15, 0.2) is 0 Å². The minimum Gasteiger partial charge on any atom is -0.506 e. The third-order valence-electron chi connectivity index (χ3n) is 4.84. The zero-order valence-corrected chi connectivity index (χ0v) is 16.1. The summed E-state index contributed by atoms with van der Waals surface area (Å²) in [5.41, 5.74) is 5.37. The van der Waals surface area contributed by atoms with Crippen LogP contribution in [0.1, 0.15) is 22.6 Å². The van der Waals surface area contributed by atoms with E-state index in [9.17, 15) is 9.90 Å². The number of phenolic OH excluding ortho intramolecular Hbond substituents is 1. The average Bonchev–Trinajstić information content (AvgIpc) is 3.01. The van der Waals surface area contributed by atoms with Crippen LogP contribution in [0.4, 0.5) is 4.79 Å². The van der Waals surface area contributed by atoms with E-state index in [1.54, 1.807) is 18.2 Å². The van der Waals surface area contributed by atoms with Gasteiger partial charge in [0.2, 0.25) is 0 Å². The Morgan fingerprint density at radius 3 is 2.26 bits per heavy atom. The van der Waals surface area contributed by atoms with E-state index < -0.39 is 6.09 Å². The minimum absolute atomic E-state index is 0.0300. The summed E-state index contributed by atoms with van der Waals surface area (Å²) in [6, 6.07) is 21.7. The fourth-order valence-electron chi connectivity index (χ4n) is 3.52. The van der Waals surface area contributed by atoms with Crippen LogP contribution in [-0.4, -0.2) is 17.8 Å². The van der Waals surface area contributed by atoms with Gasteiger partial charge in [0, 0.05) is 18.0 Å². The molecule has 0 radical (unpaired) electrons. The number of carbonyl (C=O) groups is 1. The molecule has 1 aliphatic carbocycles. The Hall–Kier alpha value is -2.79. The maximum Gasteiger partial charge on any atom is 0.407 e. The second-order valence-corrected chi connectivity index (χ2v) is 7.28. The molecule has 0 bridgehead atoms. The number of halogens is 1. The molecular weight excluding hydrogens is 406 g/mol. The van der Waals surface area contributed by atoms with E-state index in [2.05, 4.69) is 45.5 Å². The number of ether oxygens (including phenoxy) is 1. The Morgan fingerprint density at radius 1 is 0.963 bits per heavy atom. The lowest BCUT2D eigenvalue weighted by Gasteiger charge is -2.15. The van der Waals surface area contributed by atoms with Crippen molar-refractivity contribution in [1.29, 1.82) is 0 Å². The monoisotopic (exact) mass is 423 g/mol. The van der Waals surface area contributed by atoms with Crippen molar-refractivity contribution in [1.82, 2.24) is 5.32 Å². The van der Waals surface area contributed by atoms with Crippen LogP contribution in [0.5, 0.6) is 5.75 Å². The first-order chi connectivity index (χ1) is 13.1. The Bertz CT molecular complexity index is 957. The van der Waals surface area contributed by atoms with Gasteiger partial charge < -0.3 is 15.2 Å². The molecule has 3 aromatic rings. The highest BCUT2D eigenvalue weighted by Gasteiger charge is 2.28. The van der Waals surface area contributed by atoms with Gasteiger partial charge in [-0.15, -0.1) is 0 Å². The molecule has 27 heavy (non-hydrogen) atoms. The Morgan fingerprint density at radius 2 is 1.59 bits per heavy atom. The van der Waals surface area contributed by atoms with Gasteiger partial charge in [0.1, 0.15) is 12.4 Å². The van der Waals surface area contributed by atoms with Crippen molar-refractivity contribution < 1.29 is 14.6 Å². The van der Waals surface area contributed by atoms with Crippen molar-refractivity contribution in [3.8, 4) is 16.9 Å². The summed E-state index contributed by atoms with van der Waals surface area (Å²) >= 11 is 3.27. The summed E-state index contributed by atoms with van der Waals surface area (Å²) in [6.07, 6.45) is -0.503. The van der Waals surface area contributed by atoms with Gasteiger partial charge >= 0.3 is 6.09 Å². The largest absolute Gasteiger partial charge is 0.506 e. The predicted molar refractivity (Wildman–Crippen MR) is 108 cm³/mol. The number of amides is 1. The SMILES string of the molecule is O=C(NCc1cccc(Br)c1O)OCC1c2ccccc2-c2ccccc21. The van der Waals surface area contributed by atoms with Gasteiger partial charge in [-0.25, -0.2) is 4.79 Å². The van der Waals surface area contributed by atoms with Gasteiger partial charge in [-0.05, 0) is 44.3 Å². The summed E-state index contributed by atoms with van der Waals surface area (Å²) in [5.74, 6) is 0.152. The van der Waals surface area contributed by atoms with Crippen LogP contribution >= 0.6 is 15.9 Å². The van der Waals surface area contributed by atoms with Crippen molar-refractivity contribution in [3.63, 3.8) is 0 Å². The lowest BCUT2D eigenvalue weighted by molar-refractivity contribution is 0.142. The fourth-order valence-corrected chi connectivity index (χ4v) is 3.93. The average molecular weight is 424 g/mol. The number of hydrogen-bond acceptors (Lipinski definition) is 3. The molecular formula is C22H18BrNO3. The molecule has 3 aromatic carbocycles. The second-order valence-electron chi connectivity index (χ2n) is 6.43. The molecule has 1 aliphatic rings. The molecule has 0 heterocycles. The molecule has 136 valence electrons. The van der Waals surface area contributed by atoms with E-state index in [0.717, 1.165) is 0 Å². The number of nitrogens with one attached hydrogen (secondary N) is 1. The Labute approximate surface area is 165 Å². The van der Waals surface area contributed by atoms with Crippen LogP contribution in [0, 0.1) is 0 Å². The predicted octanol–water partition coefficient (Wildman–Crippen LogP) is 5.19. The van der Waals surface area contributed by atoms with Crippen molar-refractivity contribution >= 4 is 22.0 Å². The van der Waals surface area contributed by atoms with E-state index in [-0.39, 0.29) is 24.8 Å². The molecule has 0 spiro atoms. The highest BCUT2D eigenvalue weighted by molar-refractivity contribution is 9.10. The third kappa shape index (κ3) is 3.43. The van der Waals surface area contributed by atoms with Gasteiger partial charge in [-0.1, -0.05) is 60.7 Å². The lowest BCUT2D eigenvalue weighted by Crippen LogP contribution is -2.25. The van der Waals surface area contributed by atoms with E-state index in [1.807, 2.05) is 24.3 Å². The topological polar surface area (TPSA) is 58.6 Å². The number of para-hydroxylation sites is 1. The molecule has 0 atom stereocenters. The summed E-state index contributed by atoms with van der Waals surface area (Å²) < 4.78 is 6.08. The third-order valence-corrected chi connectivity index (χ3v) is 5.48. The number of hydrogen-bond donors (Lipinski definition) is 2. The minimum atomic E-state index is -0.503. The van der Waals surface area contributed by atoms with Crippen LogP contribution in [0.25, 0.3) is 11.1 Å². The number of phenols is 1. The smallest absolute Gasteiger partial charge is 0.407 e. The maximum atomic E-state index is 12.2. The van der Waals surface area contributed by atoms with Crippen molar-refractivity contribution in [2.45, 2.75) is 12.5 Å². The summed E-state index contributed by atoms with van der Waals surface area (Å²) in [5, 5.41) is 12.7. The number of benzene rings is 3. The molecule has 0 saturated heterocycles. The Kier molecular flexibility index (Phi) is 4.86. The summed E-state index contributed by atoms with van der Waals surface area (Å²) in [6.45, 7) is 0.465. The van der Waals surface area contributed by atoms with Crippen LogP contribution in [0.2, 0.25) is 0 Å². The summed E-state index contributed by atoms with van der Waals surface area (Å²) in [7, 11) is 0. The van der Waals surface area contributed by atoms with Crippen molar-refractivity contribution in [3.05, 3.63) is 87.9 Å². The number of alkyl carbamates (subject to hydrolysis) is 1. The van der Waals surface area contributed by atoms with E-state index >= 15 is 0 Å². The van der Waals surface area contributed by atoms with Crippen LogP contribution in [-0.2, 0) is 11.3 Å². The highest BCUT2D eigenvalue weighted by Crippen LogP contribution is 2.44. The van der Waals surface area contributed by atoms with Crippen LogP contribution in [0.3, 0.4) is 0 Å². The van der Waals surface area contributed by atoms with Crippen molar-refractivity contribution in [2.24, 2.45) is 0 Å². The first kappa shape index (κ1) is 17.6. The normalized spacial score (nSPS) is 12.3. The zero-order valence-electron chi connectivity index (χ0n) is 14.5. The molecule has 0 unspecified atom stereocenters. The number of fused-ring (bicyclic) bond motifs is 3. The maximum absolute atomic E-state index is 12.2. The zero-order chi connectivity index (χ0) is 18.8. The summed E-state index contributed by atoms with van der Waals surface area (Å²) in [4.78, 5) is 12.2. The van der Waals surface area contributed by atoms with Crippen LogP contribution < -0.4 is 5.32 Å². The molecule has 1 amide bonds. The second kappa shape index (κ2) is 7.45. The van der Waals surface area contributed by atoms with Gasteiger partial charge in [-0.3, -0.25) is 0 Å². The molecule has 0 fully saturated rings. The van der Waals surface area contributed by atoms with Crippen molar-refractivity contribution in [2.75, 3.05) is 6.61 Å². The number of aromatic hydroxyl groups is 1. The van der Waals surface area contributed by atoms with E-state index in [0.29, 0.717) is 10.0 Å². The first-order valence-corrected chi connectivity index (χ1v) is 9.49. The van der Waals surface area contributed by atoms with Gasteiger partial charge in [-0.2, -0.15) is 0 Å². The quantitative estimate of drug-likeness (QED) is 0.606. The highest BCUT2D eigenvalue weighted by atomic mass is 79.9.